The van der Waals surface area contributed by atoms with Gasteiger partial charge in [0.2, 0.25) is 5.91 Å². The number of ether oxygens (including phenoxy) is 2. The van der Waals surface area contributed by atoms with Crippen molar-refractivity contribution in [2.75, 3.05) is 20.8 Å². The largest absolute Gasteiger partial charge is 0.493 e. The molecular formula is C21H25NO3. The summed E-state index contributed by atoms with van der Waals surface area (Å²) in [6, 6.07) is 14.3. The van der Waals surface area contributed by atoms with Gasteiger partial charge in [0.1, 0.15) is 0 Å². The van der Waals surface area contributed by atoms with E-state index in [4.69, 9.17) is 9.47 Å². The molecule has 4 nitrogen and oxygen atoms in total. The van der Waals surface area contributed by atoms with Crippen molar-refractivity contribution in [3.05, 3.63) is 59.2 Å². The van der Waals surface area contributed by atoms with Crippen LogP contribution in [0.1, 0.15) is 35.6 Å². The molecule has 1 heterocycles. The first-order valence-electron chi connectivity index (χ1n) is 8.69. The summed E-state index contributed by atoms with van der Waals surface area (Å²) >= 11 is 0. The lowest BCUT2D eigenvalue weighted by Crippen LogP contribution is -2.31. The summed E-state index contributed by atoms with van der Waals surface area (Å²) in [5, 5.41) is 0. The molecule has 25 heavy (non-hydrogen) atoms. The molecule has 0 N–H and O–H groups in total. The highest BCUT2D eigenvalue weighted by Gasteiger charge is 2.29. The number of methoxy groups -OCH3 is 2. The van der Waals surface area contributed by atoms with Gasteiger partial charge in [0.25, 0.3) is 0 Å². The van der Waals surface area contributed by atoms with Crippen LogP contribution in [0, 0.1) is 6.92 Å². The predicted octanol–water partition coefficient (Wildman–Crippen LogP) is 3.92. The molecule has 0 aromatic heterocycles. The molecule has 0 saturated carbocycles. The van der Waals surface area contributed by atoms with Gasteiger partial charge >= 0.3 is 0 Å². The molecule has 0 spiro atoms. The lowest BCUT2D eigenvalue weighted by atomic mass is 10.0. The van der Waals surface area contributed by atoms with E-state index in [1.165, 1.54) is 11.1 Å². The van der Waals surface area contributed by atoms with E-state index in [2.05, 4.69) is 31.2 Å². The third kappa shape index (κ3) is 3.78. The minimum Gasteiger partial charge on any atom is -0.493 e. The van der Waals surface area contributed by atoms with E-state index in [9.17, 15) is 4.79 Å². The van der Waals surface area contributed by atoms with E-state index >= 15 is 0 Å². The van der Waals surface area contributed by atoms with Gasteiger partial charge in [0.15, 0.2) is 11.5 Å². The van der Waals surface area contributed by atoms with Gasteiger partial charge in [-0.05, 0) is 43.0 Å². The van der Waals surface area contributed by atoms with Gasteiger partial charge < -0.3 is 14.4 Å². The van der Waals surface area contributed by atoms with Gasteiger partial charge in [0, 0.05) is 6.54 Å². The average molecular weight is 339 g/mol. The second kappa shape index (κ2) is 7.60. The minimum absolute atomic E-state index is 0.163. The highest BCUT2D eigenvalue weighted by molar-refractivity contribution is 5.79. The zero-order valence-electron chi connectivity index (χ0n) is 15.1. The third-order valence-electron chi connectivity index (χ3n) is 4.80. The zero-order chi connectivity index (χ0) is 17.8. The van der Waals surface area contributed by atoms with Crippen molar-refractivity contribution < 1.29 is 14.3 Å². The van der Waals surface area contributed by atoms with Crippen molar-refractivity contribution >= 4 is 5.91 Å². The Morgan fingerprint density at radius 2 is 1.92 bits per heavy atom. The van der Waals surface area contributed by atoms with Gasteiger partial charge in [-0.15, -0.1) is 0 Å². The number of carbonyl (C=O) groups is 1. The van der Waals surface area contributed by atoms with Crippen molar-refractivity contribution in [1.82, 2.24) is 4.90 Å². The van der Waals surface area contributed by atoms with Gasteiger partial charge in [0.05, 0.1) is 26.7 Å². The molecule has 1 fully saturated rings. The summed E-state index contributed by atoms with van der Waals surface area (Å²) in [5.74, 6) is 1.50. The van der Waals surface area contributed by atoms with Crippen LogP contribution < -0.4 is 9.47 Å². The molecular weight excluding hydrogens is 314 g/mol. The first kappa shape index (κ1) is 17.3. The van der Waals surface area contributed by atoms with Crippen LogP contribution >= 0.6 is 0 Å². The Morgan fingerprint density at radius 1 is 1.12 bits per heavy atom. The van der Waals surface area contributed by atoms with Crippen LogP contribution in [-0.2, 0) is 11.2 Å². The summed E-state index contributed by atoms with van der Waals surface area (Å²) < 4.78 is 10.6. The molecule has 1 aliphatic rings. The minimum atomic E-state index is 0.163. The summed E-state index contributed by atoms with van der Waals surface area (Å²) in [5.41, 5.74) is 3.41. The van der Waals surface area contributed by atoms with E-state index in [-0.39, 0.29) is 11.9 Å². The smallest absolute Gasteiger partial charge is 0.227 e. The summed E-state index contributed by atoms with van der Waals surface area (Å²) in [6.07, 6.45) is 2.46. The number of hydrogen-bond acceptors (Lipinski definition) is 3. The molecule has 3 rings (SSSR count). The van der Waals surface area contributed by atoms with E-state index in [1.807, 2.05) is 23.1 Å². The Balaban J connectivity index is 1.76. The lowest BCUT2D eigenvalue weighted by molar-refractivity contribution is -0.131. The summed E-state index contributed by atoms with van der Waals surface area (Å²) in [7, 11) is 3.22. The van der Waals surface area contributed by atoms with E-state index < -0.39 is 0 Å². The van der Waals surface area contributed by atoms with Crippen LogP contribution in [0.2, 0.25) is 0 Å². The second-order valence-corrected chi connectivity index (χ2v) is 6.53. The van der Waals surface area contributed by atoms with Crippen molar-refractivity contribution in [1.29, 1.82) is 0 Å². The fourth-order valence-corrected chi connectivity index (χ4v) is 3.56. The standard InChI is InChI=1S/C21H25NO3/c1-15-6-4-7-17(12-15)18-8-5-11-22(18)21(23)14-16-9-10-19(24-2)20(13-16)25-3/h4,6-7,9-10,12-13,18H,5,8,11,14H2,1-3H3/t18-/m1/s1. The van der Waals surface area contributed by atoms with Crippen LogP contribution in [-0.4, -0.2) is 31.6 Å². The SMILES string of the molecule is COc1ccc(CC(=O)N2CCC[C@@H]2c2cccc(C)c2)cc1OC. The first-order chi connectivity index (χ1) is 12.1. The third-order valence-corrected chi connectivity index (χ3v) is 4.80. The van der Waals surface area contributed by atoms with Crippen molar-refractivity contribution in [3.63, 3.8) is 0 Å². The molecule has 2 aromatic rings. The molecule has 1 atom stereocenters. The normalized spacial score (nSPS) is 16.8. The Bertz CT molecular complexity index is 757. The maximum absolute atomic E-state index is 12.9. The van der Waals surface area contributed by atoms with Gasteiger partial charge in [-0.2, -0.15) is 0 Å². The number of carbonyl (C=O) groups excluding carboxylic acids is 1. The predicted molar refractivity (Wildman–Crippen MR) is 98.1 cm³/mol. The molecule has 0 unspecified atom stereocenters. The second-order valence-electron chi connectivity index (χ2n) is 6.53. The molecule has 0 radical (unpaired) electrons. The monoisotopic (exact) mass is 339 g/mol. The Hall–Kier alpha value is -2.49. The maximum Gasteiger partial charge on any atom is 0.227 e. The summed E-state index contributed by atoms with van der Waals surface area (Å²) in [6.45, 7) is 2.92. The molecule has 1 saturated heterocycles. The molecule has 2 aromatic carbocycles. The van der Waals surface area contributed by atoms with E-state index in [0.29, 0.717) is 17.9 Å². The zero-order valence-corrected chi connectivity index (χ0v) is 15.1. The Kier molecular flexibility index (Phi) is 5.27. The molecule has 132 valence electrons. The number of rotatable bonds is 5. The van der Waals surface area contributed by atoms with Crippen LogP contribution in [0.15, 0.2) is 42.5 Å². The van der Waals surface area contributed by atoms with Crippen LogP contribution in [0.25, 0.3) is 0 Å². The number of benzene rings is 2. The topological polar surface area (TPSA) is 38.8 Å². The average Bonchev–Trinajstić information content (AvgIpc) is 3.11. The van der Waals surface area contributed by atoms with Crippen LogP contribution in [0.4, 0.5) is 0 Å². The Morgan fingerprint density at radius 3 is 2.64 bits per heavy atom. The number of hydrogen-bond donors (Lipinski definition) is 0. The maximum atomic E-state index is 12.9. The number of likely N-dealkylation sites (tertiary alicyclic amines) is 1. The molecule has 0 bridgehead atoms. The van der Waals surface area contributed by atoms with E-state index in [1.54, 1.807) is 14.2 Å². The lowest BCUT2D eigenvalue weighted by Gasteiger charge is -2.25. The van der Waals surface area contributed by atoms with Crippen LogP contribution in [0.3, 0.4) is 0 Å². The van der Waals surface area contributed by atoms with Crippen LogP contribution in [0.5, 0.6) is 11.5 Å². The molecule has 4 heteroatoms. The fraction of sp³-hybridized carbons (Fsp3) is 0.381. The fourth-order valence-electron chi connectivity index (χ4n) is 3.56. The molecule has 0 aliphatic carbocycles. The van der Waals surface area contributed by atoms with Gasteiger partial charge in [-0.1, -0.05) is 35.9 Å². The number of amides is 1. The molecule has 1 amide bonds. The summed E-state index contributed by atoms with van der Waals surface area (Å²) in [4.78, 5) is 14.9. The van der Waals surface area contributed by atoms with E-state index in [0.717, 1.165) is 24.9 Å². The first-order valence-corrected chi connectivity index (χ1v) is 8.69. The van der Waals surface area contributed by atoms with Gasteiger partial charge in [-0.3, -0.25) is 4.79 Å². The van der Waals surface area contributed by atoms with Crippen molar-refractivity contribution in [3.8, 4) is 11.5 Å². The number of nitrogens with zero attached hydrogens (tertiary/aromatic N) is 1. The quantitative estimate of drug-likeness (QED) is 0.829. The Labute approximate surface area is 149 Å². The molecule has 1 aliphatic heterocycles. The highest BCUT2D eigenvalue weighted by atomic mass is 16.5. The number of aryl methyl sites for hydroxylation is 1. The van der Waals surface area contributed by atoms with Crippen molar-refractivity contribution in [2.24, 2.45) is 0 Å². The van der Waals surface area contributed by atoms with Gasteiger partial charge in [-0.25, -0.2) is 0 Å². The highest BCUT2D eigenvalue weighted by Crippen LogP contribution is 2.33. The van der Waals surface area contributed by atoms with Crippen molar-refractivity contribution in [2.45, 2.75) is 32.2 Å².